The van der Waals surface area contributed by atoms with E-state index in [-0.39, 0.29) is 17.5 Å². The highest BCUT2D eigenvalue weighted by Gasteiger charge is 2.21. The first-order valence-corrected chi connectivity index (χ1v) is 7.13. The SMILES string of the molecule is CC(C)C1=C(C#Cc2ccc(O)cc2Cl)CCCC1=O. The van der Waals surface area contributed by atoms with Crippen molar-refractivity contribution in [1.82, 2.24) is 0 Å². The van der Waals surface area contributed by atoms with Crippen molar-refractivity contribution in [2.75, 3.05) is 0 Å². The zero-order valence-electron chi connectivity index (χ0n) is 11.7. The van der Waals surface area contributed by atoms with Crippen molar-refractivity contribution in [3.05, 3.63) is 39.9 Å². The summed E-state index contributed by atoms with van der Waals surface area (Å²) in [4.78, 5) is 12.0. The summed E-state index contributed by atoms with van der Waals surface area (Å²) in [7, 11) is 0. The number of phenols is 1. The molecule has 0 aliphatic heterocycles. The first-order chi connectivity index (χ1) is 9.49. The summed E-state index contributed by atoms with van der Waals surface area (Å²) < 4.78 is 0. The van der Waals surface area contributed by atoms with Crippen LogP contribution in [0.25, 0.3) is 0 Å². The van der Waals surface area contributed by atoms with Crippen LogP contribution in [-0.2, 0) is 4.79 Å². The van der Waals surface area contributed by atoms with Crippen LogP contribution in [0.5, 0.6) is 5.75 Å². The van der Waals surface area contributed by atoms with Gasteiger partial charge in [0, 0.05) is 23.1 Å². The fraction of sp³-hybridized carbons (Fsp3) is 0.353. The Hall–Kier alpha value is -1.72. The zero-order valence-corrected chi connectivity index (χ0v) is 12.4. The Morgan fingerprint density at radius 2 is 2.00 bits per heavy atom. The molecule has 1 N–H and O–H groups in total. The lowest BCUT2D eigenvalue weighted by Gasteiger charge is -2.18. The summed E-state index contributed by atoms with van der Waals surface area (Å²) in [6.07, 6.45) is 2.34. The summed E-state index contributed by atoms with van der Waals surface area (Å²) in [6, 6.07) is 4.71. The highest BCUT2D eigenvalue weighted by atomic mass is 35.5. The molecule has 3 heteroatoms. The van der Waals surface area contributed by atoms with Gasteiger partial charge in [-0.25, -0.2) is 0 Å². The average Bonchev–Trinajstić information content (AvgIpc) is 2.37. The predicted molar refractivity (Wildman–Crippen MR) is 80.7 cm³/mol. The summed E-state index contributed by atoms with van der Waals surface area (Å²) in [5.41, 5.74) is 2.46. The number of Topliss-reactive ketones (excluding diaryl/α,β-unsaturated/α-hetero) is 1. The average molecular weight is 289 g/mol. The molecule has 1 aromatic rings. The highest BCUT2D eigenvalue weighted by Crippen LogP contribution is 2.27. The lowest BCUT2D eigenvalue weighted by Crippen LogP contribution is -2.15. The third-order valence-corrected chi connectivity index (χ3v) is 3.65. The number of carbonyl (C=O) groups is 1. The van der Waals surface area contributed by atoms with E-state index in [1.54, 1.807) is 12.1 Å². The van der Waals surface area contributed by atoms with Gasteiger partial charge in [-0.05, 0) is 37.0 Å². The predicted octanol–water partition coefficient (Wildman–Crippen LogP) is 4.10. The van der Waals surface area contributed by atoms with Crippen molar-refractivity contribution in [1.29, 1.82) is 0 Å². The Morgan fingerprint density at radius 1 is 1.25 bits per heavy atom. The summed E-state index contributed by atoms with van der Waals surface area (Å²) in [5.74, 6) is 6.65. The first-order valence-electron chi connectivity index (χ1n) is 6.76. The minimum absolute atomic E-state index is 0.121. The van der Waals surface area contributed by atoms with Crippen LogP contribution < -0.4 is 0 Å². The van der Waals surface area contributed by atoms with E-state index in [0.29, 0.717) is 17.0 Å². The number of ketones is 1. The lowest BCUT2D eigenvalue weighted by molar-refractivity contribution is -0.116. The van der Waals surface area contributed by atoms with Crippen molar-refractivity contribution in [3.63, 3.8) is 0 Å². The van der Waals surface area contributed by atoms with Gasteiger partial charge in [0.1, 0.15) is 5.75 Å². The lowest BCUT2D eigenvalue weighted by atomic mass is 9.84. The van der Waals surface area contributed by atoms with E-state index in [1.807, 2.05) is 13.8 Å². The Balaban J connectivity index is 2.39. The number of rotatable bonds is 1. The molecule has 2 rings (SSSR count). The van der Waals surface area contributed by atoms with Gasteiger partial charge < -0.3 is 5.11 Å². The number of benzene rings is 1. The van der Waals surface area contributed by atoms with E-state index in [9.17, 15) is 9.90 Å². The van der Waals surface area contributed by atoms with Crippen LogP contribution in [0, 0.1) is 17.8 Å². The molecule has 0 spiro atoms. The summed E-state index contributed by atoms with van der Waals surface area (Å²) in [6.45, 7) is 4.04. The molecule has 0 atom stereocenters. The van der Waals surface area contributed by atoms with Gasteiger partial charge >= 0.3 is 0 Å². The molecular formula is C17H17ClO2. The van der Waals surface area contributed by atoms with E-state index < -0.39 is 0 Å². The number of aromatic hydroxyl groups is 1. The number of phenolic OH excluding ortho intramolecular Hbond substituents is 1. The fourth-order valence-electron chi connectivity index (χ4n) is 2.41. The topological polar surface area (TPSA) is 37.3 Å². The van der Waals surface area contributed by atoms with Crippen molar-refractivity contribution in [2.45, 2.75) is 33.1 Å². The quantitative estimate of drug-likeness (QED) is 0.790. The molecule has 0 saturated carbocycles. The van der Waals surface area contributed by atoms with Gasteiger partial charge in [-0.1, -0.05) is 37.3 Å². The normalized spacial score (nSPS) is 15.3. The smallest absolute Gasteiger partial charge is 0.160 e. The number of hydrogen-bond acceptors (Lipinski definition) is 2. The van der Waals surface area contributed by atoms with Crippen LogP contribution >= 0.6 is 11.6 Å². The van der Waals surface area contributed by atoms with E-state index in [0.717, 1.165) is 24.0 Å². The first kappa shape index (κ1) is 14.7. The molecule has 0 heterocycles. The van der Waals surface area contributed by atoms with Crippen LogP contribution in [0.3, 0.4) is 0 Å². The largest absolute Gasteiger partial charge is 0.508 e. The van der Waals surface area contributed by atoms with Gasteiger partial charge in [-0.2, -0.15) is 0 Å². The van der Waals surface area contributed by atoms with Crippen LogP contribution in [0.2, 0.25) is 5.02 Å². The third-order valence-electron chi connectivity index (χ3n) is 3.33. The van der Waals surface area contributed by atoms with Crippen LogP contribution in [0.15, 0.2) is 29.3 Å². The number of carbonyl (C=O) groups excluding carboxylic acids is 1. The van der Waals surface area contributed by atoms with Crippen LogP contribution in [-0.4, -0.2) is 10.9 Å². The van der Waals surface area contributed by atoms with Gasteiger partial charge in [0.2, 0.25) is 0 Å². The number of halogens is 1. The Labute approximate surface area is 124 Å². The van der Waals surface area contributed by atoms with Crippen molar-refractivity contribution >= 4 is 17.4 Å². The van der Waals surface area contributed by atoms with E-state index >= 15 is 0 Å². The fourth-order valence-corrected chi connectivity index (χ4v) is 2.63. The molecule has 0 amide bonds. The molecule has 0 saturated heterocycles. The number of hydrogen-bond donors (Lipinski definition) is 1. The highest BCUT2D eigenvalue weighted by molar-refractivity contribution is 6.31. The molecule has 0 radical (unpaired) electrons. The molecule has 1 aliphatic rings. The van der Waals surface area contributed by atoms with Gasteiger partial charge in [0.05, 0.1) is 5.02 Å². The Kier molecular flexibility index (Phi) is 4.52. The van der Waals surface area contributed by atoms with Crippen molar-refractivity contribution in [2.24, 2.45) is 5.92 Å². The second-order valence-corrected chi connectivity index (χ2v) is 5.65. The van der Waals surface area contributed by atoms with E-state index in [2.05, 4.69) is 11.8 Å². The van der Waals surface area contributed by atoms with E-state index in [1.165, 1.54) is 6.07 Å². The molecule has 0 aromatic heterocycles. The third kappa shape index (κ3) is 3.23. The van der Waals surface area contributed by atoms with Crippen LogP contribution in [0.4, 0.5) is 0 Å². The summed E-state index contributed by atoms with van der Waals surface area (Å²) in [5, 5.41) is 9.74. The molecule has 2 nitrogen and oxygen atoms in total. The number of allylic oxidation sites excluding steroid dienone is 2. The second-order valence-electron chi connectivity index (χ2n) is 5.24. The van der Waals surface area contributed by atoms with E-state index in [4.69, 9.17) is 11.6 Å². The molecule has 104 valence electrons. The zero-order chi connectivity index (χ0) is 14.7. The maximum absolute atomic E-state index is 12.0. The van der Waals surface area contributed by atoms with Gasteiger partial charge in [0.15, 0.2) is 5.78 Å². The van der Waals surface area contributed by atoms with Gasteiger partial charge in [-0.3, -0.25) is 4.79 Å². The standard InChI is InChI=1S/C17H17ClO2/c1-11(2)17-13(4-3-5-16(17)20)7-6-12-8-9-14(19)10-15(12)18/h8-11,19H,3-5H2,1-2H3. The van der Waals surface area contributed by atoms with Crippen molar-refractivity contribution in [3.8, 4) is 17.6 Å². The molecular weight excluding hydrogens is 272 g/mol. The molecule has 0 unspecified atom stereocenters. The Bertz CT molecular complexity index is 630. The minimum atomic E-state index is 0.121. The molecule has 1 aliphatic carbocycles. The molecule has 0 fully saturated rings. The van der Waals surface area contributed by atoms with Crippen molar-refractivity contribution < 1.29 is 9.90 Å². The molecule has 0 bridgehead atoms. The minimum Gasteiger partial charge on any atom is -0.508 e. The van der Waals surface area contributed by atoms with Gasteiger partial charge in [-0.15, -0.1) is 0 Å². The Morgan fingerprint density at radius 3 is 2.65 bits per heavy atom. The maximum atomic E-state index is 12.0. The second kappa shape index (κ2) is 6.15. The maximum Gasteiger partial charge on any atom is 0.160 e. The molecule has 20 heavy (non-hydrogen) atoms. The monoisotopic (exact) mass is 288 g/mol. The molecule has 1 aromatic carbocycles. The van der Waals surface area contributed by atoms with Gasteiger partial charge in [0.25, 0.3) is 0 Å². The van der Waals surface area contributed by atoms with Crippen LogP contribution in [0.1, 0.15) is 38.7 Å². The summed E-state index contributed by atoms with van der Waals surface area (Å²) >= 11 is 6.03.